The SMILES string of the molecule is CCN1CCCC1CNc1ncnc2c1CCCCC2. The Bertz CT molecular complexity index is 446. The fourth-order valence-corrected chi connectivity index (χ4v) is 3.61. The minimum atomic E-state index is 0.677. The number of rotatable bonds is 4. The molecule has 1 fully saturated rings. The van der Waals surface area contributed by atoms with Crippen molar-refractivity contribution >= 4 is 5.82 Å². The van der Waals surface area contributed by atoms with Gasteiger partial charge in [-0.15, -0.1) is 0 Å². The maximum atomic E-state index is 4.50. The number of likely N-dealkylation sites (tertiary alicyclic amines) is 1. The molecule has 0 radical (unpaired) electrons. The molecule has 110 valence electrons. The van der Waals surface area contributed by atoms with Crippen LogP contribution in [0.3, 0.4) is 0 Å². The summed E-state index contributed by atoms with van der Waals surface area (Å²) in [6.45, 7) is 5.70. The van der Waals surface area contributed by atoms with Crippen LogP contribution in [-0.4, -0.2) is 40.5 Å². The molecule has 1 aromatic heterocycles. The third-order valence-electron chi connectivity index (χ3n) is 4.79. The molecule has 1 aromatic rings. The average molecular weight is 274 g/mol. The lowest BCUT2D eigenvalue weighted by molar-refractivity contribution is 0.277. The second-order valence-electron chi connectivity index (χ2n) is 6.01. The Morgan fingerprint density at radius 2 is 2.10 bits per heavy atom. The molecule has 0 saturated carbocycles. The van der Waals surface area contributed by atoms with Crippen LogP contribution < -0.4 is 5.32 Å². The van der Waals surface area contributed by atoms with Crippen molar-refractivity contribution in [3.05, 3.63) is 17.6 Å². The van der Waals surface area contributed by atoms with Crippen LogP contribution in [0.15, 0.2) is 6.33 Å². The average Bonchev–Trinajstić information content (AvgIpc) is 2.80. The second-order valence-corrected chi connectivity index (χ2v) is 6.01. The van der Waals surface area contributed by atoms with Gasteiger partial charge in [0.25, 0.3) is 0 Å². The van der Waals surface area contributed by atoms with E-state index < -0.39 is 0 Å². The van der Waals surface area contributed by atoms with Gasteiger partial charge in [0.2, 0.25) is 0 Å². The summed E-state index contributed by atoms with van der Waals surface area (Å²) in [5, 5.41) is 3.61. The molecule has 2 aliphatic rings. The zero-order valence-corrected chi connectivity index (χ0v) is 12.6. The molecule has 0 aromatic carbocycles. The first-order valence-corrected chi connectivity index (χ1v) is 8.19. The molecule has 0 amide bonds. The Hall–Kier alpha value is -1.16. The fourth-order valence-electron chi connectivity index (χ4n) is 3.61. The molecule has 1 aliphatic heterocycles. The molecular weight excluding hydrogens is 248 g/mol. The lowest BCUT2D eigenvalue weighted by Crippen LogP contribution is -2.35. The number of nitrogens with one attached hydrogen (secondary N) is 1. The monoisotopic (exact) mass is 274 g/mol. The highest BCUT2D eigenvalue weighted by Crippen LogP contribution is 2.24. The molecule has 0 spiro atoms. The maximum absolute atomic E-state index is 4.50. The van der Waals surface area contributed by atoms with E-state index in [1.165, 1.54) is 49.9 Å². The quantitative estimate of drug-likeness (QED) is 0.857. The number of fused-ring (bicyclic) bond motifs is 1. The number of hydrogen-bond donors (Lipinski definition) is 1. The lowest BCUT2D eigenvalue weighted by atomic mass is 10.1. The summed E-state index contributed by atoms with van der Waals surface area (Å²) < 4.78 is 0. The first-order chi connectivity index (χ1) is 9.88. The van der Waals surface area contributed by atoms with Gasteiger partial charge in [0, 0.05) is 23.8 Å². The predicted octanol–water partition coefficient (Wildman–Crippen LogP) is 2.64. The molecule has 4 heteroatoms. The topological polar surface area (TPSA) is 41.0 Å². The van der Waals surface area contributed by atoms with Gasteiger partial charge >= 0.3 is 0 Å². The molecule has 1 unspecified atom stereocenters. The highest BCUT2D eigenvalue weighted by Gasteiger charge is 2.23. The standard InChI is InChI=1S/C16H26N4/c1-2-20-10-6-7-13(20)11-17-16-14-8-4-3-5-9-15(14)18-12-19-16/h12-13H,2-11H2,1H3,(H,17,18,19). The van der Waals surface area contributed by atoms with Gasteiger partial charge in [-0.1, -0.05) is 13.3 Å². The summed E-state index contributed by atoms with van der Waals surface area (Å²) in [7, 11) is 0. The van der Waals surface area contributed by atoms with Crippen LogP contribution >= 0.6 is 0 Å². The van der Waals surface area contributed by atoms with E-state index in [4.69, 9.17) is 0 Å². The van der Waals surface area contributed by atoms with Gasteiger partial charge < -0.3 is 5.32 Å². The van der Waals surface area contributed by atoms with Crippen LogP contribution in [0.4, 0.5) is 5.82 Å². The maximum Gasteiger partial charge on any atom is 0.132 e. The first-order valence-electron chi connectivity index (χ1n) is 8.19. The molecule has 0 bridgehead atoms. The second kappa shape index (κ2) is 6.53. The lowest BCUT2D eigenvalue weighted by Gasteiger charge is -2.23. The highest BCUT2D eigenvalue weighted by molar-refractivity contribution is 5.46. The van der Waals surface area contributed by atoms with E-state index in [1.54, 1.807) is 6.33 Å². The van der Waals surface area contributed by atoms with Crippen LogP contribution in [0, 0.1) is 0 Å². The van der Waals surface area contributed by atoms with Crippen molar-refractivity contribution in [2.75, 3.05) is 25.0 Å². The van der Waals surface area contributed by atoms with Crippen molar-refractivity contribution in [1.29, 1.82) is 0 Å². The summed E-state index contributed by atoms with van der Waals surface area (Å²) in [4.78, 5) is 11.6. The number of aryl methyl sites for hydroxylation is 1. The Kier molecular flexibility index (Phi) is 4.51. The third-order valence-corrected chi connectivity index (χ3v) is 4.79. The van der Waals surface area contributed by atoms with Crippen molar-refractivity contribution in [3.8, 4) is 0 Å². The van der Waals surface area contributed by atoms with Crippen LogP contribution in [0.5, 0.6) is 0 Å². The van der Waals surface area contributed by atoms with Crippen molar-refractivity contribution in [3.63, 3.8) is 0 Å². The summed E-state index contributed by atoms with van der Waals surface area (Å²) in [6, 6.07) is 0.677. The summed E-state index contributed by atoms with van der Waals surface area (Å²) in [5.41, 5.74) is 2.66. The molecule has 4 nitrogen and oxygen atoms in total. The molecule has 3 rings (SSSR count). The highest BCUT2D eigenvalue weighted by atomic mass is 15.2. The molecular formula is C16H26N4. The van der Waals surface area contributed by atoms with Crippen LogP contribution in [0.1, 0.15) is 50.3 Å². The van der Waals surface area contributed by atoms with Crippen molar-refractivity contribution in [2.45, 2.75) is 57.9 Å². The van der Waals surface area contributed by atoms with E-state index in [0.717, 1.165) is 31.7 Å². The zero-order valence-electron chi connectivity index (χ0n) is 12.6. The first kappa shape index (κ1) is 13.8. The normalized spacial score (nSPS) is 23.4. The molecule has 1 atom stereocenters. The zero-order chi connectivity index (χ0) is 13.8. The minimum Gasteiger partial charge on any atom is -0.368 e. The molecule has 1 saturated heterocycles. The Balaban J connectivity index is 1.68. The molecule has 2 heterocycles. The van der Waals surface area contributed by atoms with Crippen LogP contribution in [0.2, 0.25) is 0 Å². The fraction of sp³-hybridized carbons (Fsp3) is 0.750. The summed E-state index contributed by atoms with van der Waals surface area (Å²) >= 11 is 0. The molecule has 1 N–H and O–H groups in total. The van der Waals surface area contributed by atoms with Crippen LogP contribution in [-0.2, 0) is 12.8 Å². The minimum absolute atomic E-state index is 0.677. The Labute approximate surface area is 122 Å². The van der Waals surface area contributed by atoms with Crippen molar-refractivity contribution in [1.82, 2.24) is 14.9 Å². The van der Waals surface area contributed by atoms with E-state index >= 15 is 0 Å². The third kappa shape index (κ3) is 2.95. The number of likely N-dealkylation sites (N-methyl/N-ethyl adjacent to an activating group) is 1. The van der Waals surface area contributed by atoms with Crippen LogP contribution in [0.25, 0.3) is 0 Å². The smallest absolute Gasteiger partial charge is 0.132 e. The van der Waals surface area contributed by atoms with Gasteiger partial charge in [0.1, 0.15) is 12.1 Å². The Morgan fingerprint density at radius 1 is 1.20 bits per heavy atom. The van der Waals surface area contributed by atoms with Gasteiger partial charge in [0.15, 0.2) is 0 Å². The summed E-state index contributed by atoms with van der Waals surface area (Å²) in [6.07, 6.45) is 10.5. The van der Waals surface area contributed by atoms with E-state index in [2.05, 4.69) is 27.1 Å². The van der Waals surface area contributed by atoms with Gasteiger partial charge in [-0.25, -0.2) is 9.97 Å². The van der Waals surface area contributed by atoms with Gasteiger partial charge in [-0.05, 0) is 51.6 Å². The van der Waals surface area contributed by atoms with E-state index in [0.29, 0.717) is 6.04 Å². The number of hydrogen-bond acceptors (Lipinski definition) is 4. The summed E-state index contributed by atoms with van der Waals surface area (Å²) in [5.74, 6) is 1.10. The largest absolute Gasteiger partial charge is 0.368 e. The van der Waals surface area contributed by atoms with E-state index in [-0.39, 0.29) is 0 Å². The van der Waals surface area contributed by atoms with Gasteiger partial charge in [0.05, 0.1) is 0 Å². The van der Waals surface area contributed by atoms with E-state index in [9.17, 15) is 0 Å². The predicted molar refractivity (Wildman–Crippen MR) is 82.0 cm³/mol. The number of aromatic nitrogens is 2. The van der Waals surface area contributed by atoms with Crippen molar-refractivity contribution in [2.24, 2.45) is 0 Å². The number of anilines is 1. The Morgan fingerprint density at radius 3 is 3.00 bits per heavy atom. The van der Waals surface area contributed by atoms with Gasteiger partial charge in [-0.2, -0.15) is 0 Å². The van der Waals surface area contributed by atoms with Crippen molar-refractivity contribution < 1.29 is 0 Å². The number of nitrogens with zero attached hydrogens (tertiary/aromatic N) is 3. The van der Waals surface area contributed by atoms with Gasteiger partial charge in [-0.3, -0.25) is 4.90 Å². The molecule has 1 aliphatic carbocycles. The molecule has 20 heavy (non-hydrogen) atoms. The van der Waals surface area contributed by atoms with E-state index in [1.807, 2.05) is 0 Å².